The monoisotopic (exact) mass is 385 g/mol. The van der Waals surface area contributed by atoms with E-state index in [9.17, 15) is 8.78 Å². The molecule has 1 aromatic heterocycles. The van der Waals surface area contributed by atoms with E-state index in [1.54, 1.807) is 24.4 Å². The van der Waals surface area contributed by atoms with Crippen molar-refractivity contribution in [3.63, 3.8) is 0 Å². The van der Waals surface area contributed by atoms with Crippen LogP contribution in [0.2, 0.25) is 0 Å². The van der Waals surface area contributed by atoms with E-state index >= 15 is 0 Å². The van der Waals surface area contributed by atoms with E-state index in [4.69, 9.17) is 0 Å². The molecular formula is C23H29F2N3. The van der Waals surface area contributed by atoms with Crippen molar-refractivity contribution in [3.05, 3.63) is 65.3 Å². The molecule has 3 nitrogen and oxygen atoms in total. The van der Waals surface area contributed by atoms with Gasteiger partial charge in [-0.2, -0.15) is 0 Å². The molecule has 5 heteroatoms. The van der Waals surface area contributed by atoms with Crippen LogP contribution in [0, 0.1) is 11.6 Å². The van der Waals surface area contributed by atoms with Crippen molar-refractivity contribution in [1.29, 1.82) is 0 Å². The van der Waals surface area contributed by atoms with Gasteiger partial charge in [0.25, 0.3) is 0 Å². The topological polar surface area (TPSA) is 37.0 Å². The van der Waals surface area contributed by atoms with Gasteiger partial charge >= 0.3 is 0 Å². The van der Waals surface area contributed by atoms with E-state index < -0.39 is 11.6 Å². The molecule has 0 saturated heterocycles. The van der Waals surface area contributed by atoms with E-state index in [0.29, 0.717) is 17.2 Å². The zero-order chi connectivity index (χ0) is 20.5. The zero-order valence-electron chi connectivity index (χ0n) is 17.2. The molecule has 2 heterocycles. The van der Waals surface area contributed by atoms with Gasteiger partial charge in [-0.25, -0.2) is 8.78 Å². The molecule has 1 aliphatic rings. The van der Waals surface area contributed by atoms with Crippen molar-refractivity contribution in [3.8, 4) is 11.1 Å². The molecule has 1 aliphatic heterocycles. The minimum Gasteiger partial charge on any atom is -0.386 e. The highest BCUT2D eigenvalue weighted by molar-refractivity contribution is 5.65. The summed E-state index contributed by atoms with van der Waals surface area (Å²) in [6, 6.07) is 6.96. The van der Waals surface area contributed by atoms with Gasteiger partial charge in [0, 0.05) is 52.8 Å². The molecule has 3 rings (SSSR count). The van der Waals surface area contributed by atoms with Crippen LogP contribution in [0.3, 0.4) is 0 Å². The molecule has 0 spiro atoms. The van der Waals surface area contributed by atoms with Gasteiger partial charge in [-0.3, -0.25) is 4.98 Å². The van der Waals surface area contributed by atoms with E-state index in [2.05, 4.69) is 22.5 Å². The minimum absolute atomic E-state index is 0.164. The molecule has 0 saturated carbocycles. The number of rotatable bonds is 5. The minimum atomic E-state index is -0.817. The van der Waals surface area contributed by atoms with E-state index in [-0.39, 0.29) is 17.0 Å². The highest BCUT2D eigenvalue weighted by atomic mass is 19.2. The van der Waals surface area contributed by atoms with Crippen LogP contribution in [0.4, 0.5) is 8.78 Å². The van der Waals surface area contributed by atoms with Crippen molar-refractivity contribution in [2.24, 2.45) is 0 Å². The average molecular weight is 386 g/mol. The van der Waals surface area contributed by atoms with Crippen LogP contribution in [-0.4, -0.2) is 11.0 Å². The fourth-order valence-corrected chi connectivity index (χ4v) is 3.45. The third kappa shape index (κ3) is 4.18. The smallest absolute Gasteiger partial charge is 0.167 e. The lowest BCUT2D eigenvalue weighted by Gasteiger charge is -2.20. The maximum atomic E-state index is 14.9. The van der Waals surface area contributed by atoms with Crippen LogP contribution < -0.4 is 10.6 Å². The summed E-state index contributed by atoms with van der Waals surface area (Å²) in [4.78, 5) is 4.37. The van der Waals surface area contributed by atoms with Crippen molar-refractivity contribution in [1.82, 2.24) is 15.6 Å². The molecule has 2 aromatic rings. The van der Waals surface area contributed by atoms with Crippen molar-refractivity contribution in [2.45, 2.75) is 65.0 Å². The lowest BCUT2D eigenvalue weighted by atomic mass is 9.89. The van der Waals surface area contributed by atoms with Crippen molar-refractivity contribution < 1.29 is 8.78 Å². The highest BCUT2D eigenvalue weighted by Crippen LogP contribution is 2.31. The van der Waals surface area contributed by atoms with Gasteiger partial charge in [-0.1, -0.05) is 39.8 Å². The van der Waals surface area contributed by atoms with Gasteiger partial charge in [-0.05, 0) is 31.0 Å². The molecular weight excluding hydrogens is 356 g/mol. The van der Waals surface area contributed by atoms with Crippen LogP contribution in [0.25, 0.3) is 11.1 Å². The Kier molecular flexibility index (Phi) is 5.73. The Morgan fingerprint density at radius 1 is 1.21 bits per heavy atom. The number of halogens is 2. The van der Waals surface area contributed by atoms with E-state index in [0.717, 1.165) is 24.2 Å². The van der Waals surface area contributed by atoms with Crippen LogP contribution in [0.15, 0.2) is 42.4 Å². The predicted molar refractivity (Wildman–Crippen MR) is 110 cm³/mol. The van der Waals surface area contributed by atoms with Crippen LogP contribution in [0.5, 0.6) is 0 Å². The molecule has 2 atom stereocenters. The first-order chi connectivity index (χ1) is 13.2. The number of hydrogen-bond donors (Lipinski definition) is 2. The van der Waals surface area contributed by atoms with Crippen molar-refractivity contribution in [2.75, 3.05) is 0 Å². The Morgan fingerprint density at radius 3 is 2.61 bits per heavy atom. The Bertz CT molecular complexity index is 884. The lowest BCUT2D eigenvalue weighted by Crippen LogP contribution is -2.21. The second-order valence-electron chi connectivity index (χ2n) is 8.52. The van der Waals surface area contributed by atoms with E-state index in [1.165, 1.54) is 0 Å². The van der Waals surface area contributed by atoms with Crippen LogP contribution in [-0.2, 0) is 5.41 Å². The Balaban J connectivity index is 1.86. The molecule has 1 unspecified atom stereocenters. The van der Waals surface area contributed by atoms with Crippen molar-refractivity contribution >= 4 is 0 Å². The maximum absolute atomic E-state index is 14.9. The van der Waals surface area contributed by atoms with Gasteiger partial charge in [0.1, 0.15) is 0 Å². The summed E-state index contributed by atoms with van der Waals surface area (Å²) in [6.45, 7) is 10.1. The Morgan fingerprint density at radius 2 is 1.96 bits per heavy atom. The first-order valence-electron chi connectivity index (χ1n) is 9.87. The molecule has 0 bridgehead atoms. The normalized spacial score (nSPS) is 17.8. The number of nitrogens with zero attached hydrogens (tertiary/aromatic N) is 1. The summed E-state index contributed by atoms with van der Waals surface area (Å²) in [7, 11) is 0. The number of pyridine rings is 1. The summed E-state index contributed by atoms with van der Waals surface area (Å²) in [6.07, 6.45) is 5.47. The first kappa shape index (κ1) is 20.3. The molecule has 28 heavy (non-hydrogen) atoms. The Hall–Kier alpha value is -2.43. The zero-order valence-corrected chi connectivity index (χ0v) is 17.2. The van der Waals surface area contributed by atoms with Gasteiger partial charge in [0.05, 0.1) is 6.04 Å². The van der Waals surface area contributed by atoms with Gasteiger partial charge in [0.2, 0.25) is 0 Å². The average Bonchev–Trinajstić information content (AvgIpc) is 3.10. The molecule has 0 radical (unpaired) electrons. The largest absolute Gasteiger partial charge is 0.386 e. The summed E-state index contributed by atoms with van der Waals surface area (Å²) >= 11 is 0. The SMILES string of the molecule is CC[C@H]1CC(NC(C)c2ccc(-c3ccnc(C(C)(C)C)c3)c(F)c2F)=CN1. The third-order valence-corrected chi connectivity index (χ3v) is 5.27. The Labute approximate surface area is 166 Å². The standard InChI is InChI=1S/C23H29F2N3/c1-6-16-12-17(13-27-16)28-14(2)18-7-8-19(22(25)21(18)24)15-9-10-26-20(11-15)23(3,4)5/h7-11,13-14,16,27-28H,6,12H2,1-5H3/t14?,16-/m0/s1. The van der Waals surface area contributed by atoms with Crippen LogP contribution in [0.1, 0.15) is 64.8 Å². The maximum Gasteiger partial charge on any atom is 0.167 e. The highest BCUT2D eigenvalue weighted by Gasteiger charge is 2.22. The second-order valence-corrected chi connectivity index (χ2v) is 8.52. The van der Waals surface area contributed by atoms with Gasteiger partial charge < -0.3 is 10.6 Å². The fraction of sp³-hybridized carbons (Fsp3) is 0.435. The summed E-state index contributed by atoms with van der Waals surface area (Å²) in [5, 5.41) is 6.59. The number of nitrogens with one attached hydrogen (secondary N) is 2. The number of benzene rings is 1. The molecule has 0 amide bonds. The summed E-state index contributed by atoms with van der Waals surface area (Å²) in [5.41, 5.74) is 2.92. The second kappa shape index (κ2) is 7.90. The number of aromatic nitrogens is 1. The fourth-order valence-electron chi connectivity index (χ4n) is 3.45. The summed E-state index contributed by atoms with van der Waals surface area (Å²) in [5.74, 6) is -1.62. The van der Waals surface area contributed by atoms with Crippen LogP contribution >= 0.6 is 0 Å². The lowest BCUT2D eigenvalue weighted by molar-refractivity contribution is 0.482. The molecule has 2 N–H and O–H groups in total. The summed E-state index contributed by atoms with van der Waals surface area (Å²) < 4.78 is 29.8. The van der Waals surface area contributed by atoms with E-state index in [1.807, 2.05) is 40.0 Å². The predicted octanol–water partition coefficient (Wildman–Crippen LogP) is 5.59. The molecule has 1 aromatic carbocycles. The quantitative estimate of drug-likeness (QED) is 0.705. The third-order valence-electron chi connectivity index (χ3n) is 5.27. The first-order valence-corrected chi connectivity index (χ1v) is 9.87. The van der Waals surface area contributed by atoms with Gasteiger partial charge in [0.15, 0.2) is 11.6 Å². The number of hydrogen-bond acceptors (Lipinski definition) is 3. The molecule has 150 valence electrons. The molecule has 0 aliphatic carbocycles. The van der Waals surface area contributed by atoms with Gasteiger partial charge in [-0.15, -0.1) is 0 Å². The molecule has 0 fully saturated rings.